The molecule has 4 nitrogen and oxygen atoms in total. The van der Waals surface area contributed by atoms with Crippen molar-refractivity contribution in [2.45, 2.75) is 27.2 Å². The predicted molar refractivity (Wildman–Crippen MR) is 79.0 cm³/mol. The average molecular weight is 293 g/mol. The van der Waals surface area contributed by atoms with Gasteiger partial charge in [-0.05, 0) is 38.0 Å². The molecule has 106 valence electrons. The molecule has 20 heavy (non-hydrogen) atoms. The van der Waals surface area contributed by atoms with Gasteiger partial charge < -0.3 is 9.47 Å². The third-order valence-electron chi connectivity index (χ3n) is 3.00. The van der Waals surface area contributed by atoms with Crippen LogP contribution in [0.1, 0.15) is 23.9 Å². The molecule has 1 aromatic carbocycles. The van der Waals surface area contributed by atoms with Crippen molar-refractivity contribution >= 4 is 11.6 Å². The second-order valence-corrected chi connectivity index (χ2v) is 4.79. The number of benzene rings is 1. The van der Waals surface area contributed by atoms with Crippen molar-refractivity contribution in [3.8, 4) is 17.4 Å². The maximum absolute atomic E-state index is 6.04. The van der Waals surface area contributed by atoms with Gasteiger partial charge in [0.1, 0.15) is 11.0 Å². The highest BCUT2D eigenvalue weighted by Gasteiger charge is 2.12. The van der Waals surface area contributed by atoms with Crippen molar-refractivity contribution in [2.24, 2.45) is 0 Å². The monoisotopic (exact) mass is 292 g/mol. The first-order chi connectivity index (χ1) is 9.55. The fourth-order valence-corrected chi connectivity index (χ4v) is 1.99. The van der Waals surface area contributed by atoms with E-state index < -0.39 is 0 Å². The minimum atomic E-state index is 0.400. The Balaban J connectivity index is 2.39. The zero-order chi connectivity index (χ0) is 14.7. The average Bonchev–Trinajstić information content (AvgIpc) is 2.44. The molecule has 0 unspecified atom stereocenters. The van der Waals surface area contributed by atoms with E-state index in [0.717, 1.165) is 6.42 Å². The Labute approximate surface area is 123 Å². The second kappa shape index (κ2) is 6.09. The molecule has 2 rings (SSSR count). The van der Waals surface area contributed by atoms with Crippen LogP contribution in [0.3, 0.4) is 0 Å². The molecular formula is C15H17ClN2O2. The molecule has 0 spiro atoms. The van der Waals surface area contributed by atoms with E-state index >= 15 is 0 Å². The summed E-state index contributed by atoms with van der Waals surface area (Å²) in [5.74, 6) is 2.31. The van der Waals surface area contributed by atoms with Crippen LogP contribution in [0.4, 0.5) is 0 Å². The van der Waals surface area contributed by atoms with E-state index in [9.17, 15) is 0 Å². The van der Waals surface area contributed by atoms with Crippen molar-refractivity contribution in [1.82, 2.24) is 9.97 Å². The Bertz CT molecular complexity index is 630. The fraction of sp³-hybridized carbons (Fsp3) is 0.333. The van der Waals surface area contributed by atoms with Crippen LogP contribution in [-0.4, -0.2) is 17.1 Å². The van der Waals surface area contributed by atoms with Crippen LogP contribution >= 0.6 is 11.6 Å². The summed E-state index contributed by atoms with van der Waals surface area (Å²) in [6.45, 7) is 5.69. The summed E-state index contributed by atoms with van der Waals surface area (Å²) < 4.78 is 11.2. The fourth-order valence-electron chi connectivity index (χ4n) is 1.79. The lowest BCUT2D eigenvalue weighted by atomic mass is 10.1. The highest BCUT2D eigenvalue weighted by Crippen LogP contribution is 2.34. The Hall–Kier alpha value is -1.81. The summed E-state index contributed by atoms with van der Waals surface area (Å²) >= 11 is 6.04. The van der Waals surface area contributed by atoms with Gasteiger partial charge in [0, 0.05) is 5.56 Å². The highest BCUT2D eigenvalue weighted by atomic mass is 35.5. The third kappa shape index (κ3) is 3.02. The predicted octanol–water partition coefficient (Wildman–Crippen LogP) is 4.11. The number of rotatable bonds is 4. The van der Waals surface area contributed by atoms with Gasteiger partial charge in [-0.15, -0.1) is 0 Å². The van der Waals surface area contributed by atoms with E-state index in [4.69, 9.17) is 21.1 Å². The zero-order valence-corrected chi connectivity index (χ0v) is 12.8. The molecule has 0 bridgehead atoms. The van der Waals surface area contributed by atoms with Gasteiger partial charge in [0.05, 0.1) is 7.11 Å². The zero-order valence-electron chi connectivity index (χ0n) is 12.0. The lowest BCUT2D eigenvalue weighted by Gasteiger charge is -2.13. The minimum absolute atomic E-state index is 0.400. The van der Waals surface area contributed by atoms with Crippen LogP contribution in [-0.2, 0) is 6.42 Å². The normalized spacial score (nSPS) is 10.4. The molecule has 5 heteroatoms. The molecule has 0 radical (unpaired) electrons. The van der Waals surface area contributed by atoms with Crippen LogP contribution in [0, 0.1) is 13.8 Å². The Kier molecular flexibility index (Phi) is 4.45. The van der Waals surface area contributed by atoms with Gasteiger partial charge in [-0.1, -0.05) is 24.6 Å². The topological polar surface area (TPSA) is 44.2 Å². The number of methoxy groups -OCH3 is 1. The molecule has 0 amide bonds. The first kappa shape index (κ1) is 14.6. The SMILES string of the molecule is CCc1ccc(Oc2nc(C)nc(Cl)c2C)c(OC)c1. The van der Waals surface area contributed by atoms with Crippen LogP contribution in [0.25, 0.3) is 0 Å². The summed E-state index contributed by atoms with van der Waals surface area (Å²) in [6.07, 6.45) is 0.939. The number of nitrogens with zero attached hydrogens (tertiary/aromatic N) is 2. The standard InChI is InChI=1S/C15H17ClN2O2/c1-5-11-6-7-12(13(8-11)19-4)20-15-9(2)14(16)17-10(3)18-15/h6-8H,5H2,1-4H3. The molecule has 0 saturated carbocycles. The largest absolute Gasteiger partial charge is 0.493 e. The summed E-state index contributed by atoms with van der Waals surface area (Å²) in [6, 6.07) is 5.84. The van der Waals surface area contributed by atoms with E-state index in [2.05, 4.69) is 16.9 Å². The summed E-state index contributed by atoms with van der Waals surface area (Å²) in [7, 11) is 1.62. The Morgan fingerprint density at radius 2 is 1.90 bits per heavy atom. The third-order valence-corrected chi connectivity index (χ3v) is 3.36. The Morgan fingerprint density at radius 3 is 2.55 bits per heavy atom. The minimum Gasteiger partial charge on any atom is -0.493 e. The molecule has 0 aliphatic carbocycles. The second-order valence-electron chi connectivity index (χ2n) is 4.43. The molecule has 0 N–H and O–H groups in total. The van der Waals surface area contributed by atoms with E-state index in [0.29, 0.717) is 33.9 Å². The van der Waals surface area contributed by atoms with E-state index in [1.165, 1.54) is 5.56 Å². The van der Waals surface area contributed by atoms with Gasteiger partial charge in [-0.3, -0.25) is 0 Å². The van der Waals surface area contributed by atoms with Crippen LogP contribution < -0.4 is 9.47 Å². The van der Waals surface area contributed by atoms with Gasteiger partial charge in [-0.2, -0.15) is 4.98 Å². The first-order valence-corrected chi connectivity index (χ1v) is 6.78. The first-order valence-electron chi connectivity index (χ1n) is 6.40. The summed E-state index contributed by atoms with van der Waals surface area (Å²) in [4.78, 5) is 8.36. The number of halogens is 1. The number of aromatic nitrogens is 2. The number of aryl methyl sites for hydroxylation is 2. The molecule has 0 saturated heterocycles. The molecule has 1 aromatic heterocycles. The smallest absolute Gasteiger partial charge is 0.227 e. The van der Waals surface area contributed by atoms with Crippen LogP contribution in [0.5, 0.6) is 17.4 Å². The van der Waals surface area contributed by atoms with Gasteiger partial charge in [0.25, 0.3) is 0 Å². The lowest BCUT2D eigenvalue weighted by molar-refractivity contribution is 0.372. The molecule has 1 heterocycles. The van der Waals surface area contributed by atoms with E-state index in [1.54, 1.807) is 14.0 Å². The quantitative estimate of drug-likeness (QED) is 0.796. The number of hydrogen-bond donors (Lipinski definition) is 0. The van der Waals surface area contributed by atoms with Gasteiger partial charge in [0.15, 0.2) is 11.5 Å². The molecule has 2 aromatic rings. The molecule has 0 aliphatic heterocycles. The van der Waals surface area contributed by atoms with Gasteiger partial charge in [0.2, 0.25) is 5.88 Å². The van der Waals surface area contributed by atoms with Crippen LogP contribution in [0.15, 0.2) is 18.2 Å². The maximum Gasteiger partial charge on any atom is 0.227 e. The molecule has 0 atom stereocenters. The van der Waals surface area contributed by atoms with Crippen molar-refractivity contribution < 1.29 is 9.47 Å². The molecule has 0 aliphatic rings. The van der Waals surface area contributed by atoms with E-state index in [-0.39, 0.29) is 0 Å². The summed E-state index contributed by atoms with van der Waals surface area (Å²) in [5, 5.41) is 0.400. The molecular weight excluding hydrogens is 276 g/mol. The highest BCUT2D eigenvalue weighted by molar-refractivity contribution is 6.30. The van der Waals surface area contributed by atoms with Crippen molar-refractivity contribution in [2.75, 3.05) is 7.11 Å². The van der Waals surface area contributed by atoms with Crippen molar-refractivity contribution in [3.63, 3.8) is 0 Å². The van der Waals surface area contributed by atoms with Gasteiger partial charge in [-0.25, -0.2) is 4.98 Å². The molecule has 0 fully saturated rings. The number of ether oxygens (including phenoxy) is 2. The Morgan fingerprint density at radius 1 is 1.15 bits per heavy atom. The van der Waals surface area contributed by atoms with Crippen molar-refractivity contribution in [3.05, 3.63) is 40.3 Å². The maximum atomic E-state index is 6.04. The summed E-state index contributed by atoms with van der Waals surface area (Å²) in [5.41, 5.74) is 1.89. The lowest BCUT2D eigenvalue weighted by Crippen LogP contribution is -1.99. The van der Waals surface area contributed by atoms with E-state index in [1.807, 2.05) is 25.1 Å². The van der Waals surface area contributed by atoms with Gasteiger partial charge >= 0.3 is 0 Å². The van der Waals surface area contributed by atoms with Crippen molar-refractivity contribution in [1.29, 1.82) is 0 Å². The van der Waals surface area contributed by atoms with Crippen LogP contribution in [0.2, 0.25) is 5.15 Å². The number of hydrogen-bond acceptors (Lipinski definition) is 4.